The van der Waals surface area contributed by atoms with Gasteiger partial charge in [-0.05, 0) is 41.6 Å². The monoisotopic (exact) mass is 383 g/mol. The number of benzene rings is 2. The van der Waals surface area contributed by atoms with Crippen molar-refractivity contribution in [2.24, 2.45) is 0 Å². The molecule has 2 aromatic carbocycles. The number of nitrogens with zero attached hydrogens (tertiary/aromatic N) is 3. The standard InChI is InChI=1S/C19H21N5O2S/c1-26-15-7-3-13(4-8-15)11-21-19(25)17-18(20)24(23-22-17)12-14-5-9-16(27-2)10-6-14/h3-10H,11-12,20H2,1-2H3,(H,21,25). The lowest BCUT2D eigenvalue weighted by Gasteiger charge is -2.06. The van der Waals surface area contributed by atoms with E-state index in [1.54, 1.807) is 18.9 Å². The van der Waals surface area contributed by atoms with Crippen LogP contribution < -0.4 is 15.8 Å². The molecule has 0 radical (unpaired) electrons. The van der Waals surface area contributed by atoms with E-state index >= 15 is 0 Å². The molecule has 0 aliphatic rings. The lowest BCUT2D eigenvalue weighted by Crippen LogP contribution is -2.24. The molecular weight excluding hydrogens is 362 g/mol. The third kappa shape index (κ3) is 4.59. The lowest BCUT2D eigenvalue weighted by atomic mass is 10.2. The Bertz CT molecular complexity index is 907. The Labute approximate surface area is 161 Å². The second kappa shape index (κ2) is 8.59. The van der Waals surface area contributed by atoms with Gasteiger partial charge < -0.3 is 15.8 Å². The van der Waals surface area contributed by atoms with Gasteiger partial charge >= 0.3 is 0 Å². The van der Waals surface area contributed by atoms with Crippen LogP contribution in [0, 0.1) is 0 Å². The van der Waals surface area contributed by atoms with Gasteiger partial charge in [0.2, 0.25) is 0 Å². The van der Waals surface area contributed by atoms with Crippen LogP contribution in [0.5, 0.6) is 5.75 Å². The Morgan fingerprint density at radius 1 is 1.15 bits per heavy atom. The van der Waals surface area contributed by atoms with Gasteiger partial charge in [0.1, 0.15) is 5.75 Å². The van der Waals surface area contributed by atoms with Crippen molar-refractivity contribution in [3.63, 3.8) is 0 Å². The quantitative estimate of drug-likeness (QED) is 0.609. The van der Waals surface area contributed by atoms with Crippen LogP contribution in [0.4, 0.5) is 5.82 Å². The highest BCUT2D eigenvalue weighted by atomic mass is 32.2. The number of hydrogen-bond donors (Lipinski definition) is 2. The predicted molar refractivity (Wildman–Crippen MR) is 106 cm³/mol. The second-order valence-corrected chi connectivity index (χ2v) is 6.74. The molecule has 0 unspecified atom stereocenters. The molecule has 140 valence electrons. The summed E-state index contributed by atoms with van der Waals surface area (Å²) >= 11 is 1.68. The zero-order valence-corrected chi connectivity index (χ0v) is 16.0. The normalized spacial score (nSPS) is 10.6. The molecule has 1 aromatic heterocycles. The van der Waals surface area contributed by atoms with Crippen molar-refractivity contribution in [2.45, 2.75) is 18.0 Å². The van der Waals surface area contributed by atoms with Crippen LogP contribution in [-0.4, -0.2) is 34.3 Å². The molecule has 0 saturated carbocycles. The number of thioether (sulfide) groups is 1. The summed E-state index contributed by atoms with van der Waals surface area (Å²) in [6.45, 7) is 0.824. The van der Waals surface area contributed by atoms with E-state index in [0.717, 1.165) is 16.9 Å². The number of methoxy groups -OCH3 is 1. The lowest BCUT2D eigenvalue weighted by molar-refractivity contribution is 0.0946. The molecule has 0 fully saturated rings. The molecule has 1 amide bonds. The first-order valence-corrected chi connectivity index (χ1v) is 9.56. The highest BCUT2D eigenvalue weighted by molar-refractivity contribution is 7.98. The van der Waals surface area contributed by atoms with Crippen molar-refractivity contribution in [1.29, 1.82) is 0 Å². The number of carbonyl (C=O) groups is 1. The molecule has 3 aromatic rings. The van der Waals surface area contributed by atoms with Crippen LogP contribution in [0.3, 0.4) is 0 Å². The summed E-state index contributed by atoms with van der Waals surface area (Å²) in [5.41, 5.74) is 8.19. The molecule has 0 atom stereocenters. The number of rotatable bonds is 7. The highest BCUT2D eigenvalue weighted by Crippen LogP contribution is 2.17. The number of hydrogen-bond acceptors (Lipinski definition) is 6. The average Bonchev–Trinajstić information content (AvgIpc) is 3.07. The molecule has 3 rings (SSSR count). The minimum atomic E-state index is -0.354. The number of nitrogen functional groups attached to an aromatic ring is 1. The van der Waals surface area contributed by atoms with Gasteiger partial charge in [0.25, 0.3) is 5.91 Å². The molecule has 0 aliphatic carbocycles. The maximum atomic E-state index is 12.4. The Balaban J connectivity index is 1.63. The second-order valence-electron chi connectivity index (χ2n) is 5.86. The fourth-order valence-electron chi connectivity index (χ4n) is 2.51. The van der Waals surface area contributed by atoms with Gasteiger partial charge in [0, 0.05) is 11.4 Å². The van der Waals surface area contributed by atoms with Crippen molar-refractivity contribution in [3.8, 4) is 5.75 Å². The third-order valence-corrected chi connectivity index (χ3v) is 4.84. The summed E-state index contributed by atoms with van der Waals surface area (Å²) < 4.78 is 6.64. The molecular formula is C19H21N5O2S. The van der Waals surface area contributed by atoms with Gasteiger partial charge in [-0.3, -0.25) is 4.79 Å². The van der Waals surface area contributed by atoms with Crippen LogP contribution in [0.2, 0.25) is 0 Å². The minimum absolute atomic E-state index is 0.129. The molecule has 27 heavy (non-hydrogen) atoms. The maximum Gasteiger partial charge on any atom is 0.275 e. The number of nitrogens with two attached hydrogens (primary N) is 1. The molecule has 3 N–H and O–H groups in total. The summed E-state index contributed by atoms with van der Waals surface area (Å²) in [5.74, 6) is 0.659. The van der Waals surface area contributed by atoms with Gasteiger partial charge in [0.15, 0.2) is 11.5 Å². The van der Waals surface area contributed by atoms with E-state index in [2.05, 4.69) is 15.6 Å². The summed E-state index contributed by atoms with van der Waals surface area (Å²) in [5, 5.41) is 10.8. The largest absolute Gasteiger partial charge is 0.497 e. The predicted octanol–water partition coefficient (Wildman–Crippen LogP) is 2.57. The topological polar surface area (TPSA) is 95.1 Å². The number of aromatic nitrogens is 3. The van der Waals surface area contributed by atoms with E-state index in [1.807, 2.05) is 54.8 Å². The fraction of sp³-hybridized carbons (Fsp3) is 0.211. The number of anilines is 1. The molecule has 0 saturated heterocycles. The Morgan fingerprint density at radius 2 is 1.81 bits per heavy atom. The van der Waals surface area contributed by atoms with Crippen LogP contribution >= 0.6 is 11.8 Å². The van der Waals surface area contributed by atoms with Crippen molar-refractivity contribution in [1.82, 2.24) is 20.3 Å². The van der Waals surface area contributed by atoms with E-state index in [4.69, 9.17) is 10.5 Å². The van der Waals surface area contributed by atoms with Gasteiger partial charge in [0.05, 0.1) is 13.7 Å². The Hall–Kier alpha value is -3.00. The Kier molecular flexibility index (Phi) is 5.97. The summed E-state index contributed by atoms with van der Waals surface area (Å²) in [7, 11) is 1.61. The summed E-state index contributed by atoms with van der Waals surface area (Å²) in [4.78, 5) is 13.6. The van der Waals surface area contributed by atoms with Gasteiger partial charge in [-0.25, -0.2) is 4.68 Å². The molecule has 0 bridgehead atoms. The van der Waals surface area contributed by atoms with Crippen LogP contribution in [0.15, 0.2) is 53.4 Å². The molecule has 8 heteroatoms. The zero-order chi connectivity index (χ0) is 19.2. The molecule has 0 aliphatic heterocycles. The fourth-order valence-corrected chi connectivity index (χ4v) is 2.92. The number of amides is 1. The van der Waals surface area contributed by atoms with Crippen molar-refractivity contribution < 1.29 is 9.53 Å². The smallest absolute Gasteiger partial charge is 0.275 e. The first-order valence-electron chi connectivity index (χ1n) is 8.33. The van der Waals surface area contributed by atoms with Gasteiger partial charge in [-0.2, -0.15) is 0 Å². The maximum absolute atomic E-state index is 12.4. The average molecular weight is 383 g/mol. The number of ether oxygens (including phenoxy) is 1. The number of carbonyl (C=O) groups excluding carboxylic acids is 1. The van der Waals surface area contributed by atoms with E-state index in [1.165, 1.54) is 9.58 Å². The van der Waals surface area contributed by atoms with E-state index in [9.17, 15) is 4.79 Å². The van der Waals surface area contributed by atoms with Gasteiger partial charge in [-0.1, -0.05) is 29.5 Å². The third-order valence-electron chi connectivity index (χ3n) is 4.09. The molecule has 0 spiro atoms. The highest BCUT2D eigenvalue weighted by Gasteiger charge is 2.17. The van der Waals surface area contributed by atoms with E-state index < -0.39 is 0 Å². The SMILES string of the molecule is COc1ccc(CNC(=O)c2nnn(Cc3ccc(SC)cc3)c2N)cc1. The minimum Gasteiger partial charge on any atom is -0.497 e. The van der Waals surface area contributed by atoms with Crippen molar-refractivity contribution in [3.05, 3.63) is 65.4 Å². The van der Waals surface area contributed by atoms with Crippen LogP contribution in [0.1, 0.15) is 21.6 Å². The number of nitrogens with one attached hydrogen (secondary N) is 1. The van der Waals surface area contributed by atoms with Crippen molar-refractivity contribution in [2.75, 3.05) is 19.1 Å². The zero-order valence-electron chi connectivity index (χ0n) is 15.2. The molecule has 7 nitrogen and oxygen atoms in total. The van der Waals surface area contributed by atoms with Crippen LogP contribution in [0.25, 0.3) is 0 Å². The van der Waals surface area contributed by atoms with E-state index in [-0.39, 0.29) is 17.4 Å². The first kappa shape index (κ1) is 18.8. The van der Waals surface area contributed by atoms with Crippen LogP contribution in [-0.2, 0) is 13.1 Å². The Morgan fingerprint density at radius 3 is 2.44 bits per heavy atom. The van der Waals surface area contributed by atoms with E-state index in [0.29, 0.717) is 13.1 Å². The molecule has 1 heterocycles. The summed E-state index contributed by atoms with van der Waals surface area (Å²) in [6.07, 6.45) is 2.03. The first-order chi connectivity index (χ1) is 13.1. The van der Waals surface area contributed by atoms with Crippen molar-refractivity contribution >= 4 is 23.5 Å². The van der Waals surface area contributed by atoms with Gasteiger partial charge in [-0.15, -0.1) is 16.9 Å². The summed E-state index contributed by atoms with van der Waals surface area (Å²) in [6, 6.07) is 15.6.